The van der Waals surface area contributed by atoms with Gasteiger partial charge in [0.25, 0.3) is 5.91 Å². The highest BCUT2D eigenvalue weighted by Crippen LogP contribution is 2.18. The van der Waals surface area contributed by atoms with Crippen molar-refractivity contribution in [3.8, 4) is 11.5 Å². The maximum atomic E-state index is 12.2. The Hall–Kier alpha value is -2.49. The van der Waals surface area contributed by atoms with Gasteiger partial charge in [-0.05, 0) is 48.9 Å². The third-order valence-electron chi connectivity index (χ3n) is 3.32. The minimum absolute atomic E-state index is 0.0782. The fourth-order valence-electron chi connectivity index (χ4n) is 2.00. The highest BCUT2D eigenvalue weighted by molar-refractivity contribution is 5.94. The molecule has 1 amide bonds. The van der Waals surface area contributed by atoms with Gasteiger partial charge < -0.3 is 14.8 Å². The first-order valence-electron chi connectivity index (χ1n) is 6.73. The van der Waals surface area contributed by atoms with E-state index in [1.807, 2.05) is 31.2 Å². The maximum Gasteiger partial charge on any atom is 0.251 e. The van der Waals surface area contributed by atoms with Crippen LogP contribution in [0.5, 0.6) is 11.5 Å². The quantitative estimate of drug-likeness (QED) is 0.917. The number of rotatable bonds is 5. The molecule has 0 aromatic heterocycles. The van der Waals surface area contributed by atoms with E-state index in [9.17, 15) is 4.79 Å². The first-order valence-corrected chi connectivity index (χ1v) is 6.73. The van der Waals surface area contributed by atoms with E-state index in [1.54, 1.807) is 38.5 Å². The summed E-state index contributed by atoms with van der Waals surface area (Å²) in [5, 5.41) is 2.97. The molecule has 4 heteroatoms. The zero-order valence-corrected chi connectivity index (χ0v) is 12.4. The van der Waals surface area contributed by atoms with E-state index >= 15 is 0 Å². The molecule has 0 unspecified atom stereocenters. The molecule has 0 aliphatic rings. The van der Waals surface area contributed by atoms with Crippen molar-refractivity contribution < 1.29 is 14.3 Å². The zero-order chi connectivity index (χ0) is 15.2. The molecule has 0 aliphatic heterocycles. The Kier molecular flexibility index (Phi) is 4.82. The number of hydrogen-bond donors (Lipinski definition) is 1. The van der Waals surface area contributed by atoms with Crippen LogP contribution in [0, 0.1) is 0 Å². The predicted molar refractivity (Wildman–Crippen MR) is 81.9 cm³/mol. The molecule has 2 rings (SSSR count). The second kappa shape index (κ2) is 6.79. The second-order valence-electron chi connectivity index (χ2n) is 4.70. The first-order chi connectivity index (χ1) is 10.1. The largest absolute Gasteiger partial charge is 0.497 e. The number of hydrogen-bond acceptors (Lipinski definition) is 3. The number of amides is 1. The van der Waals surface area contributed by atoms with E-state index in [1.165, 1.54) is 0 Å². The molecule has 110 valence electrons. The summed E-state index contributed by atoms with van der Waals surface area (Å²) in [6, 6.07) is 14.6. The summed E-state index contributed by atoms with van der Waals surface area (Å²) in [5.74, 6) is 1.42. The van der Waals surface area contributed by atoms with Crippen molar-refractivity contribution in [2.45, 2.75) is 13.0 Å². The number of carbonyl (C=O) groups excluding carboxylic acids is 1. The van der Waals surface area contributed by atoms with Crippen LogP contribution in [0.3, 0.4) is 0 Å². The summed E-state index contributed by atoms with van der Waals surface area (Å²) in [6.45, 7) is 1.95. The summed E-state index contributed by atoms with van der Waals surface area (Å²) in [4.78, 5) is 12.2. The van der Waals surface area contributed by atoms with Crippen molar-refractivity contribution >= 4 is 5.91 Å². The van der Waals surface area contributed by atoms with Gasteiger partial charge in [-0.1, -0.05) is 12.1 Å². The normalized spacial score (nSPS) is 11.6. The lowest BCUT2D eigenvalue weighted by molar-refractivity contribution is 0.0940. The topological polar surface area (TPSA) is 47.6 Å². The van der Waals surface area contributed by atoms with Gasteiger partial charge in [-0.2, -0.15) is 0 Å². The van der Waals surface area contributed by atoms with Crippen LogP contribution in [0.2, 0.25) is 0 Å². The van der Waals surface area contributed by atoms with Crippen LogP contribution in [0.1, 0.15) is 28.9 Å². The van der Waals surface area contributed by atoms with Crippen LogP contribution in [0.25, 0.3) is 0 Å². The molecule has 0 aliphatic carbocycles. The van der Waals surface area contributed by atoms with Gasteiger partial charge in [-0.3, -0.25) is 4.79 Å². The number of ether oxygens (including phenoxy) is 2. The molecule has 4 nitrogen and oxygen atoms in total. The Morgan fingerprint density at radius 1 is 0.905 bits per heavy atom. The average molecular weight is 285 g/mol. The van der Waals surface area contributed by atoms with E-state index in [4.69, 9.17) is 9.47 Å². The Morgan fingerprint density at radius 2 is 1.38 bits per heavy atom. The Morgan fingerprint density at radius 3 is 1.86 bits per heavy atom. The SMILES string of the molecule is COc1ccc(C(=O)N[C@@H](C)c2ccc(OC)cc2)cc1. The number of carbonyl (C=O) groups is 1. The molecular formula is C17H19NO3. The van der Waals surface area contributed by atoms with Crippen LogP contribution in [0.15, 0.2) is 48.5 Å². The van der Waals surface area contributed by atoms with Gasteiger partial charge in [0.05, 0.1) is 20.3 Å². The average Bonchev–Trinajstić information content (AvgIpc) is 2.55. The second-order valence-corrected chi connectivity index (χ2v) is 4.70. The molecule has 0 radical (unpaired) electrons. The fraction of sp³-hybridized carbons (Fsp3) is 0.235. The van der Waals surface area contributed by atoms with Crippen molar-refractivity contribution in [3.63, 3.8) is 0 Å². The van der Waals surface area contributed by atoms with Crippen LogP contribution in [-0.2, 0) is 0 Å². The minimum Gasteiger partial charge on any atom is -0.497 e. The van der Waals surface area contributed by atoms with Gasteiger partial charge in [0.2, 0.25) is 0 Å². The highest BCUT2D eigenvalue weighted by Gasteiger charge is 2.11. The van der Waals surface area contributed by atoms with Gasteiger partial charge in [-0.25, -0.2) is 0 Å². The molecule has 2 aromatic carbocycles. The highest BCUT2D eigenvalue weighted by atomic mass is 16.5. The standard InChI is InChI=1S/C17H19NO3/c1-12(13-4-8-15(20-2)9-5-13)18-17(19)14-6-10-16(21-3)11-7-14/h4-12H,1-3H3,(H,18,19)/t12-/m0/s1. The molecule has 0 saturated carbocycles. The predicted octanol–water partition coefficient (Wildman–Crippen LogP) is 3.19. The summed E-state index contributed by atoms with van der Waals surface area (Å²) in [5.41, 5.74) is 1.63. The lowest BCUT2D eigenvalue weighted by Gasteiger charge is -2.15. The summed E-state index contributed by atoms with van der Waals surface area (Å²) >= 11 is 0. The Bertz CT molecular complexity index is 590. The lowest BCUT2D eigenvalue weighted by atomic mass is 10.1. The molecule has 0 heterocycles. The Balaban J connectivity index is 2.03. The summed E-state index contributed by atoms with van der Waals surface area (Å²) in [7, 11) is 3.23. The van der Waals surface area contributed by atoms with Crippen molar-refractivity contribution in [2.75, 3.05) is 14.2 Å². The molecule has 0 fully saturated rings. The maximum absolute atomic E-state index is 12.2. The zero-order valence-electron chi connectivity index (χ0n) is 12.4. The van der Waals surface area contributed by atoms with Crippen molar-refractivity contribution in [1.29, 1.82) is 0 Å². The molecule has 0 saturated heterocycles. The van der Waals surface area contributed by atoms with E-state index < -0.39 is 0 Å². The van der Waals surface area contributed by atoms with E-state index in [-0.39, 0.29) is 11.9 Å². The van der Waals surface area contributed by atoms with Gasteiger partial charge >= 0.3 is 0 Å². The van der Waals surface area contributed by atoms with Crippen molar-refractivity contribution in [3.05, 3.63) is 59.7 Å². The number of benzene rings is 2. The molecule has 0 spiro atoms. The molecule has 21 heavy (non-hydrogen) atoms. The smallest absolute Gasteiger partial charge is 0.251 e. The first kappa shape index (κ1) is 14.9. The van der Waals surface area contributed by atoms with Crippen molar-refractivity contribution in [2.24, 2.45) is 0 Å². The third kappa shape index (κ3) is 3.75. The van der Waals surface area contributed by atoms with Crippen molar-refractivity contribution in [1.82, 2.24) is 5.32 Å². The van der Waals surface area contributed by atoms with E-state index in [0.29, 0.717) is 5.56 Å². The van der Waals surface area contributed by atoms with E-state index in [0.717, 1.165) is 17.1 Å². The van der Waals surface area contributed by atoms with Crippen LogP contribution in [0.4, 0.5) is 0 Å². The molecule has 0 bridgehead atoms. The molecule has 1 N–H and O–H groups in total. The molecular weight excluding hydrogens is 266 g/mol. The van der Waals surface area contributed by atoms with Crippen LogP contribution < -0.4 is 14.8 Å². The van der Waals surface area contributed by atoms with Gasteiger partial charge in [-0.15, -0.1) is 0 Å². The number of methoxy groups -OCH3 is 2. The van der Waals surface area contributed by atoms with Gasteiger partial charge in [0.15, 0.2) is 0 Å². The van der Waals surface area contributed by atoms with E-state index in [2.05, 4.69) is 5.32 Å². The third-order valence-corrected chi connectivity index (χ3v) is 3.32. The Labute approximate surface area is 124 Å². The summed E-state index contributed by atoms with van der Waals surface area (Å²) < 4.78 is 10.2. The van der Waals surface area contributed by atoms with Crippen LogP contribution in [-0.4, -0.2) is 20.1 Å². The molecule has 1 atom stereocenters. The summed E-state index contributed by atoms with van der Waals surface area (Å²) in [6.07, 6.45) is 0. The van der Waals surface area contributed by atoms with Gasteiger partial charge in [0.1, 0.15) is 11.5 Å². The monoisotopic (exact) mass is 285 g/mol. The minimum atomic E-state index is -0.110. The lowest BCUT2D eigenvalue weighted by Crippen LogP contribution is -2.26. The fourth-order valence-corrected chi connectivity index (χ4v) is 2.00. The molecule has 2 aromatic rings. The van der Waals surface area contributed by atoms with Gasteiger partial charge in [0, 0.05) is 5.56 Å². The number of nitrogens with one attached hydrogen (secondary N) is 1. The van der Waals surface area contributed by atoms with Crippen LogP contribution >= 0.6 is 0 Å².